The zero-order valence-corrected chi connectivity index (χ0v) is 13.4. The number of benzene rings is 1. The largest absolute Gasteiger partial charge is 0.389 e. The Bertz CT molecular complexity index is 405. The van der Waals surface area contributed by atoms with E-state index in [1.807, 2.05) is 23.9 Å². The molecule has 1 nitrogen and oxygen atoms in total. The fraction of sp³-hybridized carbons (Fsp3) is 0.600. The molecule has 1 aromatic carbocycles. The Morgan fingerprint density at radius 2 is 2.17 bits per heavy atom. The average Bonchev–Trinajstić information content (AvgIpc) is 2.31. The van der Waals surface area contributed by atoms with Gasteiger partial charge in [0.2, 0.25) is 0 Å². The van der Waals surface area contributed by atoms with Gasteiger partial charge in [-0.1, -0.05) is 25.8 Å². The van der Waals surface area contributed by atoms with Crippen molar-refractivity contribution in [2.75, 3.05) is 0 Å². The molecule has 3 unspecified atom stereocenters. The number of thioether (sulfide) groups is 1. The Balaban J connectivity index is 2.05. The van der Waals surface area contributed by atoms with Gasteiger partial charge >= 0.3 is 0 Å². The molecule has 1 fully saturated rings. The van der Waals surface area contributed by atoms with Crippen LogP contribution >= 0.6 is 27.7 Å². The van der Waals surface area contributed by atoms with Crippen LogP contribution in [-0.2, 0) is 0 Å². The van der Waals surface area contributed by atoms with E-state index in [0.717, 1.165) is 21.2 Å². The van der Waals surface area contributed by atoms with Crippen molar-refractivity contribution in [2.24, 2.45) is 5.92 Å². The molecule has 1 aromatic rings. The van der Waals surface area contributed by atoms with Crippen LogP contribution in [0.4, 0.5) is 0 Å². The Kier molecular flexibility index (Phi) is 5.16. The molecule has 18 heavy (non-hydrogen) atoms. The van der Waals surface area contributed by atoms with Gasteiger partial charge in [0.05, 0.1) is 6.10 Å². The molecule has 0 heterocycles. The van der Waals surface area contributed by atoms with E-state index in [1.54, 1.807) is 6.92 Å². The van der Waals surface area contributed by atoms with Crippen molar-refractivity contribution in [3.8, 4) is 0 Å². The lowest BCUT2D eigenvalue weighted by Crippen LogP contribution is -2.14. The van der Waals surface area contributed by atoms with Gasteiger partial charge in [0, 0.05) is 14.6 Å². The Hall–Kier alpha value is 0.01000. The van der Waals surface area contributed by atoms with Gasteiger partial charge in [-0.05, 0) is 59.3 Å². The first kappa shape index (κ1) is 14.4. The molecule has 2 rings (SSSR count). The van der Waals surface area contributed by atoms with Crippen molar-refractivity contribution in [1.82, 2.24) is 0 Å². The summed E-state index contributed by atoms with van der Waals surface area (Å²) in [6.45, 7) is 4.16. The Morgan fingerprint density at radius 1 is 1.39 bits per heavy atom. The summed E-state index contributed by atoms with van der Waals surface area (Å²) in [6.07, 6.45) is 5.02. The summed E-state index contributed by atoms with van der Waals surface area (Å²) in [5.74, 6) is 0.867. The predicted octanol–water partition coefficient (Wildman–Crippen LogP) is 5.17. The number of hydrogen-bond acceptors (Lipinski definition) is 2. The summed E-state index contributed by atoms with van der Waals surface area (Å²) in [5, 5.41) is 10.3. The van der Waals surface area contributed by atoms with Crippen LogP contribution in [0.2, 0.25) is 0 Å². The van der Waals surface area contributed by atoms with Gasteiger partial charge in [0.15, 0.2) is 0 Å². The topological polar surface area (TPSA) is 20.2 Å². The SMILES string of the molecule is CC1CCCC(Sc2ccc(C(C)O)cc2Br)C1. The normalized spacial score (nSPS) is 26.0. The van der Waals surface area contributed by atoms with Gasteiger partial charge < -0.3 is 5.11 Å². The number of hydrogen-bond donors (Lipinski definition) is 1. The van der Waals surface area contributed by atoms with Crippen LogP contribution in [0.15, 0.2) is 27.6 Å². The molecule has 3 atom stereocenters. The average molecular weight is 329 g/mol. The first-order chi connectivity index (χ1) is 8.56. The molecule has 0 radical (unpaired) electrons. The van der Waals surface area contributed by atoms with Gasteiger partial charge in [-0.25, -0.2) is 0 Å². The molecule has 0 spiro atoms. The fourth-order valence-corrected chi connectivity index (χ4v) is 4.60. The van der Waals surface area contributed by atoms with E-state index >= 15 is 0 Å². The number of aliphatic hydroxyl groups excluding tert-OH is 1. The Labute approximate surface area is 122 Å². The lowest BCUT2D eigenvalue weighted by atomic mass is 9.91. The molecule has 1 N–H and O–H groups in total. The van der Waals surface area contributed by atoms with E-state index in [4.69, 9.17) is 0 Å². The van der Waals surface area contributed by atoms with Gasteiger partial charge in [0.1, 0.15) is 0 Å². The molecule has 100 valence electrons. The molecule has 0 aliphatic heterocycles. The van der Waals surface area contributed by atoms with Crippen molar-refractivity contribution in [3.63, 3.8) is 0 Å². The van der Waals surface area contributed by atoms with Crippen molar-refractivity contribution in [1.29, 1.82) is 0 Å². The monoisotopic (exact) mass is 328 g/mol. The minimum Gasteiger partial charge on any atom is -0.389 e. The van der Waals surface area contributed by atoms with E-state index in [9.17, 15) is 5.11 Å². The summed E-state index contributed by atoms with van der Waals surface area (Å²) in [5.41, 5.74) is 0.975. The van der Waals surface area contributed by atoms with E-state index in [1.165, 1.54) is 30.6 Å². The first-order valence-corrected chi connectivity index (χ1v) is 8.37. The predicted molar refractivity (Wildman–Crippen MR) is 82.1 cm³/mol. The highest BCUT2D eigenvalue weighted by Gasteiger charge is 2.20. The second-order valence-corrected chi connectivity index (χ2v) is 7.57. The first-order valence-electron chi connectivity index (χ1n) is 6.70. The zero-order chi connectivity index (χ0) is 13.1. The van der Waals surface area contributed by atoms with E-state index in [2.05, 4.69) is 28.9 Å². The van der Waals surface area contributed by atoms with Crippen molar-refractivity contribution in [3.05, 3.63) is 28.2 Å². The minimum absolute atomic E-state index is 0.393. The quantitative estimate of drug-likeness (QED) is 0.825. The zero-order valence-electron chi connectivity index (χ0n) is 11.0. The second kappa shape index (κ2) is 6.44. The molecule has 0 bridgehead atoms. The molecule has 3 heteroatoms. The Morgan fingerprint density at radius 3 is 2.78 bits per heavy atom. The highest BCUT2D eigenvalue weighted by atomic mass is 79.9. The molecule has 1 aliphatic carbocycles. The van der Waals surface area contributed by atoms with Crippen molar-refractivity contribution < 1.29 is 5.11 Å². The van der Waals surface area contributed by atoms with Crippen LogP contribution in [0, 0.1) is 5.92 Å². The molecular formula is C15H21BrOS. The number of rotatable bonds is 3. The molecular weight excluding hydrogens is 308 g/mol. The maximum Gasteiger partial charge on any atom is 0.0762 e. The molecule has 0 saturated heterocycles. The van der Waals surface area contributed by atoms with Crippen LogP contribution in [-0.4, -0.2) is 10.4 Å². The van der Waals surface area contributed by atoms with Crippen LogP contribution in [0.1, 0.15) is 51.2 Å². The fourth-order valence-electron chi connectivity index (χ4n) is 2.54. The van der Waals surface area contributed by atoms with Gasteiger partial charge in [-0.15, -0.1) is 11.8 Å². The summed E-state index contributed by atoms with van der Waals surface area (Å²) < 4.78 is 1.11. The van der Waals surface area contributed by atoms with E-state index in [-0.39, 0.29) is 0 Å². The lowest BCUT2D eigenvalue weighted by molar-refractivity contribution is 0.199. The summed E-state index contributed by atoms with van der Waals surface area (Å²) in [7, 11) is 0. The number of halogens is 1. The van der Waals surface area contributed by atoms with Crippen molar-refractivity contribution >= 4 is 27.7 Å². The highest BCUT2D eigenvalue weighted by molar-refractivity contribution is 9.10. The summed E-state index contributed by atoms with van der Waals surface area (Å²) in [6, 6.07) is 6.21. The molecule has 0 amide bonds. The van der Waals surface area contributed by atoms with Crippen molar-refractivity contribution in [2.45, 2.75) is 55.8 Å². The maximum absolute atomic E-state index is 9.57. The third kappa shape index (κ3) is 3.75. The van der Waals surface area contributed by atoms with E-state index < -0.39 is 6.10 Å². The third-order valence-electron chi connectivity index (χ3n) is 3.62. The second-order valence-electron chi connectivity index (χ2n) is 5.38. The molecule has 0 aromatic heterocycles. The van der Waals surface area contributed by atoms with Gasteiger partial charge in [-0.3, -0.25) is 0 Å². The van der Waals surface area contributed by atoms with Crippen LogP contribution in [0.3, 0.4) is 0 Å². The standard InChI is InChI=1S/C15H21BrOS/c1-10-4-3-5-13(8-10)18-15-7-6-12(11(2)17)9-14(15)16/h6-7,9-11,13,17H,3-5,8H2,1-2H3. The van der Waals surface area contributed by atoms with E-state index in [0.29, 0.717) is 0 Å². The van der Waals surface area contributed by atoms with Crippen LogP contribution < -0.4 is 0 Å². The maximum atomic E-state index is 9.57. The minimum atomic E-state index is -0.393. The number of aliphatic hydroxyl groups is 1. The molecule has 1 aliphatic rings. The summed E-state index contributed by atoms with van der Waals surface area (Å²) >= 11 is 5.61. The summed E-state index contributed by atoms with van der Waals surface area (Å²) in [4.78, 5) is 1.30. The van der Waals surface area contributed by atoms with Crippen LogP contribution in [0.25, 0.3) is 0 Å². The van der Waals surface area contributed by atoms with Gasteiger partial charge in [0.25, 0.3) is 0 Å². The lowest BCUT2D eigenvalue weighted by Gasteiger charge is -2.26. The smallest absolute Gasteiger partial charge is 0.0762 e. The molecule has 1 saturated carbocycles. The van der Waals surface area contributed by atoms with Crippen LogP contribution in [0.5, 0.6) is 0 Å². The highest BCUT2D eigenvalue weighted by Crippen LogP contribution is 2.39. The third-order valence-corrected chi connectivity index (χ3v) is 5.91. The van der Waals surface area contributed by atoms with Gasteiger partial charge in [-0.2, -0.15) is 0 Å².